The topological polar surface area (TPSA) is 147 Å². The van der Waals surface area contributed by atoms with E-state index in [0.717, 1.165) is 10.8 Å². The van der Waals surface area contributed by atoms with Crippen LogP contribution in [0.15, 0.2) is 53.5 Å². The molecule has 1 aliphatic heterocycles. The average molecular weight is 619 g/mol. The minimum Gasteiger partial charge on any atom is -0.436 e. The van der Waals surface area contributed by atoms with Gasteiger partial charge in [0, 0.05) is 19.7 Å². The normalized spacial score (nSPS) is 18.7. The summed E-state index contributed by atoms with van der Waals surface area (Å²) in [5.74, 6) is 0.493. The molecule has 2 heterocycles. The van der Waals surface area contributed by atoms with Gasteiger partial charge in [0.25, 0.3) is 0 Å². The Labute approximate surface area is 242 Å². The molecule has 15 heteroatoms. The summed E-state index contributed by atoms with van der Waals surface area (Å²) in [4.78, 5) is 26.6. The van der Waals surface area contributed by atoms with Gasteiger partial charge in [0.2, 0.25) is 6.93 Å². The molecule has 11 nitrogen and oxygen atoms in total. The molecule has 4 unspecified atom stereocenters. The van der Waals surface area contributed by atoms with Gasteiger partial charge in [-0.05, 0) is 36.8 Å². The maximum Gasteiger partial charge on any atom is 0.351 e. The number of hydrogen-bond donors (Lipinski definition) is 3. The minimum absolute atomic E-state index is 0.0288. The van der Waals surface area contributed by atoms with E-state index < -0.39 is 39.6 Å². The molecule has 226 valence electrons. The number of benzene rings is 2. The van der Waals surface area contributed by atoms with Crippen molar-refractivity contribution in [2.75, 3.05) is 32.9 Å². The highest BCUT2D eigenvalue weighted by molar-refractivity contribution is 7.45. The number of aliphatic hydroxyl groups is 1. The predicted octanol–water partition coefficient (Wildman–Crippen LogP) is 4.32. The maximum atomic E-state index is 12.1. The number of rotatable bonds is 10. The van der Waals surface area contributed by atoms with Gasteiger partial charge in [-0.25, -0.2) is 18.7 Å². The molecule has 0 amide bonds. The van der Waals surface area contributed by atoms with Gasteiger partial charge >= 0.3 is 14.2 Å². The summed E-state index contributed by atoms with van der Waals surface area (Å²) in [5.41, 5.74) is 4.91. The van der Waals surface area contributed by atoms with E-state index in [1.807, 2.05) is 56.3 Å². The Morgan fingerprint density at radius 2 is 1.95 bits per heavy atom. The number of carbonyl (C=O) groups is 1. The predicted molar refractivity (Wildman–Crippen MR) is 153 cm³/mol. The first-order chi connectivity index (χ1) is 19.6. The Balaban J connectivity index is 0.000000653. The standard InChI is InChI=1S/C21H22ClN4O6P.C4H10O.CH2F2/c22-16-11-26(21(29)25-20(16)23)19-10-17(28)18(31-19)12-30-33(24-7-8-27)32-15-6-5-13-3-1-2-4-14(13)9-15;1-4(2)5-3;2-1-3/h1-6,8-9,11,17-19,24,28H,7,10,12H2,(H2,23,25,29);4H,1-3H3;1H2. The van der Waals surface area contributed by atoms with Crippen LogP contribution in [0, 0.1) is 0 Å². The summed E-state index contributed by atoms with van der Waals surface area (Å²) in [6, 6.07) is 13.5. The van der Waals surface area contributed by atoms with Crippen molar-refractivity contribution in [3.05, 3.63) is 64.2 Å². The summed E-state index contributed by atoms with van der Waals surface area (Å²) in [5, 5.41) is 15.5. The SMILES string of the molecule is COC(C)C.FCF.Nc1nc(=O)n(C2CC(O)C(COP(NCC=O)Oc3ccc4ccccc4c3)O2)cc1Cl. The summed E-state index contributed by atoms with van der Waals surface area (Å²) < 4.78 is 42.7. The van der Waals surface area contributed by atoms with Crippen LogP contribution in [-0.2, 0) is 18.8 Å². The fraction of sp³-hybridized carbons (Fsp3) is 0.423. The number of aliphatic hydroxyl groups excluding tert-OH is 1. The molecule has 41 heavy (non-hydrogen) atoms. The number of nitrogens with one attached hydrogen (secondary N) is 1. The largest absolute Gasteiger partial charge is 0.436 e. The molecule has 0 aliphatic carbocycles. The smallest absolute Gasteiger partial charge is 0.351 e. The molecule has 1 aliphatic rings. The van der Waals surface area contributed by atoms with Crippen LogP contribution >= 0.6 is 20.1 Å². The number of ether oxygens (including phenoxy) is 2. The number of methoxy groups -OCH3 is 1. The van der Waals surface area contributed by atoms with Crippen molar-refractivity contribution in [1.29, 1.82) is 0 Å². The second-order valence-corrected chi connectivity index (χ2v) is 10.3. The molecular formula is C26H34ClF2N4O7P. The second-order valence-electron chi connectivity index (χ2n) is 8.66. The zero-order valence-electron chi connectivity index (χ0n) is 22.8. The molecule has 1 saturated heterocycles. The third-order valence-electron chi connectivity index (χ3n) is 5.49. The number of alkyl halides is 2. The lowest BCUT2D eigenvalue weighted by atomic mass is 10.1. The van der Waals surface area contributed by atoms with Crippen molar-refractivity contribution >= 4 is 43.0 Å². The van der Waals surface area contributed by atoms with Crippen LogP contribution in [0.3, 0.4) is 0 Å². The zero-order valence-corrected chi connectivity index (χ0v) is 24.4. The maximum absolute atomic E-state index is 12.1. The highest BCUT2D eigenvalue weighted by Gasteiger charge is 2.36. The molecule has 0 saturated carbocycles. The van der Waals surface area contributed by atoms with Gasteiger partial charge in [-0.15, -0.1) is 0 Å². The van der Waals surface area contributed by atoms with Crippen LogP contribution in [0.25, 0.3) is 10.8 Å². The third kappa shape index (κ3) is 11.2. The third-order valence-corrected chi connectivity index (χ3v) is 6.98. The van der Waals surface area contributed by atoms with E-state index in [1.165, 1.54) is 10.8 Å². The molecule has 3 aromatic rings. The quantitative estimate of drug-likeness (QED) is 0.222. The number of nitrogens with two attached hydrogens (primary N) is 1. The van der Waals surface area contributed by atoms with Crippen LogP contribution in [0.5, 0.6) is 5.75 Å². The van der Waals surface area contributed by atoms with Gasteiger partial charge in [0.15, 0.2) is 0 Å². The number of aromatic nitrogens is 2. The first kappa shape index (κ1) is 34.4. The lowest BCUT2D eigenvalue weighted by Gasteiger charge is -2.21. The molecule has 0 spiro atoms. The Bertz CT molecular complexity index is 1290. The first-order valence-electron chi connectivity index (χ1n) is 12.4. The number of hydrogen-bond acceptors (Lipinski definition) is 10. The fourth-order valence-corrected chi connectivity index (χ4v) is 4.54. The van der Waals surface area contributed by atoms with E-state index in [1.54, 1.807) is 7.11 Å². The molecule has 4 atom stereocenters. The first-order valence-corrected chi connectivity index (χ1v) is 14.0. The summed E-state index contributed by atoms with van der Waals surface area (Å²) >= 11 is 5.96. The molecule has 1 fully saturated rings. The molecular weight excluding hydrogens is 585 g/mol. The number of fused-ring (bicyclic) bond motifs is 1. The van der Waals surface area contributed by atoms with E-state index in [9.17, 15) is 23.5 Å². The van der Waals surface area contributed by atoms with E-state index >= 15 is 0 Å². The van der Waals surface area contributed by atoms with Crippen molar-refractivity contribution in [1.82, 2.24) is 14.6 Å². The van der Waals surface area contributed by atoms with Gasteiger partial charge in [-0.1, -0.05) is 41.9 Å². The van der Waals surface area contributed by atoms with Crippen LogP contribution in [0.2, 0.25) is 5.02 Å². The number of aldehydes is 1. The number of nitrogens with zero attached hydrogens (tertiary/aromatic N) is 2. The van der Waals surface area contributed by atoms with Gasteiger partial charge < -0.3 is 34.2 Å². The average Bonchev–Trinajstić information content (AvgIpc) is 3.32. The van der Waals surface area contributed by atoms with Gasteiger partial charge in [0.1, 0.15) is 30.2 Å². The minimum atomic E-state index is -1.75. The monoisotopic (exact) mass is 618 g/mol. The fourth-order valence-electron chi connectivity index (χ4n) is 3.38. The highest BCUT2D eigenvalue weighted by Crippen LogP contribution is 2.38. The Morgan fingerprint density at radius 1 is 1.29 bits per heavy atom. The number of halogens is 3. The van der Waals surface area contributed by atoms with Gasteiger partial charge in [-0.3, -0.25) is 4.57 Å². The van der Waals surface area contributed by atoms with E-state index in [-0.39, 0.29) is 30.4 Å². The van der Waals surface area contributed by atoms with Crippen molar-refractivity contribution in [3.63, 3.8) is 0 Å². The lowest BCUT2D eigenvalue weighted by Crippen LogP contribution is -2.29. The van der Waals surface area contributed by atoms with E-state index in [4.69, 9.17) is 35.9 Å². The molecule has 0 radical (unpaired) electrons. The van der Waals surface area contributed by atoms with Crippen LogP contribution in [0.4, 0.5) is 14.6 Å². The molecule has 4 N–H and O–H groups in total. The number of anilines is 1. The van der Waals surface area contributed by atoms with Crippen LogP contribution < -0.4 is 21.0 Å². The molecule has 2 aromatic carbocycles. The highest BCUT2D eigenvalue weighted by atomic mass is 35.5. The Hall–Kier alpha value is -2.77. The van der Waals surface area contributed by atoms with Crippen LogP contribution in [0.1, 0.15) is 26.5 Å². The Kier molecular flexibility index (Phi) is 15.0. The number of nitrogen functional groups attached to an aromatic ring is 1. The Morgan fingerprint density at radius 3 is 2.59 bits per heavy atom. The second kappa shape index (κ2) is 17.9. The van der Waals surface area contributed by atoms with E-state index in [2.05, 4.69) is 10.1 Å². The molecule has 0 bridgehead atoms. The van der Waals surface area contributed by atoms with Crippen molar-refractivity contribution < 1.29 is 37.2 Å². The van der Waals surface area contributed by atoms with Gasteiger partial charge in [-0.2, -0.15) is 4.98 Å². The molecule has 4 rings (SSSR count). The summed E-state index contributed by atoms with van der Waals surface area (Å²) in [7, 11) is -0.00945. The summed E-state index contributed by atoms with van der Waals surface area (Å²) in [6.45, 7) is 2.24. The van der Waals surface area contributed by atoms with Crippen molar-refractivity contribution in [3.8, 4) is 5.75 Å². The summed E-state index contributed by atoms with van der Waals surface area (Å²) in [6.07, 6.45) is 0.138. The zero-order chi connectivity index (χ0) is 30.4. The van der Waals surface area contributed by atoms with Crippen molar-refractivity contribution in [2.24, 2.45) is 0 Å². The van der Waals surface area contributed by atoms with Crippen molar-refractivity contribution in [2.45, 2.75) is 44.8 Å². The lowest BCUT2D eigenvalue weighted by molar-refractivity contribution is -0.107. The van der Waals surface area contributed by atoms with Gasteiger partial charge in [0.05, 0.1) is 30.4 Å². The van der Waals surface area contributed by atoms with Crippen LogP contribution in [-0.4, -0.2) is 66.4 Å². The number of carbonyl (C=O) groups excluding carboxylic acids is 1. The van der Waals surface area contributed by atoms with E-state index in [0.29, 0.717) is 18.1 Å². The molecule has 1 aromatic heterocycles.